The van der Waals surface area contributed by atoms with E-state index < -0.39 is 12.0 Å². The Morgan fingerprint density at radius 2 is 2.10 bits per heavy atom. The van der Waals surface area contributed by atoms with E-state index in [0.717, 1.165) is 25.7 Å². The number of allylic oxidation sites excluding steroid dienone is 1. The molecule has 0 spiro atoms. The Hall–Kier alpha value is -1.32. The fourth-order valence-corrected chi connectivity index (χ4v) is 3.03. The molecule has 0 unspecified atom stereocenters. The van der Waals surface area contributed by atoms with Gasteiger partial charge < -0.3 is 10.0 Å². The highest BCUT2D eigenvalue weighted by atomic mass is 16.4. The van der Waals surface area contributed by atoms with Crippen molar-refractivity contribution >= 4 is 11.9 Å². The van der Waals surface area contributed by atoms with Gasteiger partial charge in [-0.3, -0.25) is 4.79 Å². The first kappa shape index (κ1) is 16.7. The van der Waals surface area contributed by atoms with Gasteiger partial charge in [-0.1, -0.05) is 19.9 Å². The lowest BCUT2D eigenvalue weighted by Crippen LogP contribution is -2.41. The maximum absolute atomic E-state index is 12.2. The number of aliphatic carboxylic acids is 1. The number of amides is 1. The number of carboxylic acids is 1. The van der Waals surface area contributed by atoms with E-state index in [2.05, 4.69) is 20.4 Å². The minimum Gasteiger partial charge on any atom is -0.480 e. The van der Waals surface area contributed by atoms with Crippen molar-refractivity contribution < 1.29 is 14.7 Å². The van der Waals surface area contributed by atoms with Crippen LogP contribution in [0.3, 0.4) is 0 Å². The predicted octanol–water partition coefficient (Wildman–Crippen LogP) is 3.08. The molecular formula is C16H27NO3. The molecule has 0 aliphatic carbocycles. The molecule has 1 fully saturated rings. The topological polar surface area (TPSA) is 57.6 Å². The summed E-state index contributed by atoms with van der Waals surface area (Å²) < 4.78 is 0. The SMILES string of the molecule is C=CCC[C@H](C)C[C@@H](C)CC(=O)N1CCC[C@H]1C(=O)O. The number of likely N-dealkylation sites (tertiary alicyclic amines) is 1. The van der Waals surface area contributed by atoms with E-state index in [-0.39, 0.29) is 5.91 Å². The van der Waals surface area contributed by atoms with Crippen molar-refractivity contribution in [1.82, 2.24) is 4.90 Å². The Labute approximate surface area is 121 Å². The number of nitrogens with zero attached hydrogens (tertiary/aromatic N) is 1. The highest BCUT2D eigenvalue weighted by molar-refractivity contribution is 5.84. The largest absolute Gasteiger partial charge is 0.480 e. The van der Waals surface area contributed by atoms with Crippen LogP contribution in [0.25, 0.3) is 0 Å². The third-order valence-electron chi connectivity index (χ3n) is 4.05. The summed E-state index contributed by atoms with van der Waals surface area (Å²) in [5, 5.41) is 9.11. The van der Waals surface area contributed by atoms with Gasteiger partial charge in [-0.15, -0.1) is 6.58 Å². The van der Waals surface area contributed by atoms with Gasteiger partial charge in [-0.25, -0.2) is 4.79 Å². The van der Waals surface area contributed by atoms with Crippen LogP contribution in [-0.2, 0) is 9.59 Å². The Morgan fingerprint density at radius 3 is 2.70 bits per heavy atom. The van der Waals surface area contributed by atoms with E-state index in [9.17, 15) is 9.59 Å². The molecule has 20 heavy (non-hydrogen) atoms. The van der Waals surface area contributed by atoms with Crippen LogP contribution in [0.2, 0.25) is 0 Å². The number of carbonyl (C=O) groups excluding carboxylic acids is 1. The van der Waals surface area contributed by atoms with Crippen LogP contribution in [0, 0.1) is 11.8 Å². The van der Waals surface area contributed by atoms with Crippen molar-refractivity contribution in [3.63, 3.8) is 0 Å². The van der Waals surface area contributed by atoms with E-state index in [1.165, 1.54) is 0 Å². The van der Waals surface area contributed by atoms with Crippen molar-refractivity contribution in [2.45, 2.75) is 58.4 Å². The van der Waals surface area contributed by atoms with Gasteiger partial charge in [0.2, 0.25) is 5.91 Å². The van der Waals surface area contributed by atoms with E-state index >= 15 is 0 Å². The Kier molecular flexibility index (Phi) is 6.76. The molecule has 4 heteroatoms. The summed E-state index contributed by atoms with van der Waals surface area (Å²) in [6.07, 6.45) is 6.89. The monoisotopic (exact) mass is 281 g/mol. The first-order chi connectivity index (χ1) is 9.45. The van der Waals surface area contributed by atoms with Gasteiger partial charge in [-0.2, -0.15) is 0 Å². The number of rotatable bonds is 8. The molecule has 0 radical (unpaired) electrons. The van der Waals surface area contributed by atoms with Gasteiger partial charge in [0.05, 0.1) is 0 Å². The molecular weight excluding hydrogens is 254 g/mol. The molecule has 0 bridgehead atoms. The standard InChI is InChI=1S/C16H27NO3/c1-4-5-7-12(2)10-13(3)11-15(18)17-9-6-8-14(17)16(19)20/h4,12-14H,1,5-11H2,2-3H3,(H,19,20)/t12-,13+,14-/m0/s1. The Morgan fingerprint density at radius 1 is 1.40 bits per heavy atom. The summed E-state index contributed by atoms with van der Waals surface area (Å²) in [7, 11) is 0. The van der Waals surface area contributed by atoms with Crippen LogP contribution in [0.5, 0.6) is 0 Å². The molecule has 3 atom stereocenters. The van der Waals surface area contributed by atoms with Crippen LogP contribution >= 0.6 is 0 Å². The molecule has 1 aliphatic rings. The molecule has 1 saturated heterocycles. The van der Waals surface area contributed by atoms with Gasteiger partial charge in [0.15, 0.2) is 0 Å². The average molecular weight is 281 g/mol. The molecule has 0 saturated carbocycles. The molecule has 0 aromatic carbocycles. The Balaban J connectivity index is 2.41. The van der Waals surface area contributed by atoms with Crippen LogP contribution in [0.1, 0.15) is 52.4 Å². The molecule has 0 aromatic heterocycles. The van der Waals surface area contributed by atoms with Gasteiger partial charge in [0.1, 0.15) is 6.04 Å². The molecule has 4 nitrogen and oxygen atoms in total. The van der Waals surface area contributed by atoms with E-state index in [4.69, 9.17) is 5.11 Å². The van der Waals surface area contributed by atoms with Crippen molar-refractivity contribution in [2.24, 2.45) is 11.8 Å². The minimum atomic E-state index is -0.872. The molecule has 1 N–H and O–H groups in total. The lowest BCUT2D eigenvalue weighted by atomic mass is 9.91. The number of carboxylic acid groups (broad SMARTS) is 1. The highest BCUT2D eigenvalue weighted by Crippen LogP contribution is 2.23. The van der Waals surface area contributed by atoms with E-state index in [1.54, 1.807) is 4.90 Å². The van der Waals surface area contributed by atoms with Gasteiger partial charge >= 0.3 is 5.97 Å². The van der Waals surface area contributed by atoms with Crippen molar-refractivity contribution in [3.05, 3.63) is 12.7 Å². The third-order valence-corrected chi connectivity index (χ3v) is 4.05. The second-order valence-electron chi connectivity index (χ2n) is 6.10. The van der Waals surface area contributed by atoms with Crippen LogP contribution < -0.4 is 0 Å². The second-order valence-corrected chi connectivity index (χ2v) is 6.10. The summed E-state index contributed by atoms with van der Waals surface area (Å²) in [6, 6.07) is -0.604. The average Bonchev–Trinajstić information content (AvgIpc) is 2.85. The molecule has 0 aromatic rings. The zero-order valence-corrected chi connectivity index (χ0v) is 12.7. The normalized spacial score (nSPS) is 21.5. The fraction of sp³-hybridized carbons (Fsp3) is 0.750. The van der Waals surface area contributed by atoms with Gasteiger partial charge in [0.25, 0.3) is 0 Å². The van der Waals surface area contributed by atoms with Gasteiger partial charge in [0, 0.05) is 13.0 Å². The first-order valence-electron chi connectivity index (χ1n) is 7.58. The molecule has 1 heterocycles. The summed E-state index contributed by atoms with van der Waals surface area (Å²) in [4.78, 5) is 24.9. The lowest BCUT2D eigenvalue weighted by molar-refractivity contribution is -0.148. The highest BCUT2D eigenvalue weighted by Gasteiger charge is 2.34. The van der Waals surface area contributed by atoms with E-state index in [0.29, 0.717) is 31.2 Å². The van der Waals surface area contributed by atoms with E-state index in [1.807, 2.05) is 6.08 Å². The van der Waals surface area contributed by atoms with Crippen molar-refractivity contribution in [3.8, 4) is 0 Å². The second kappa shape index (κ2) is 8.08. The van der Waals surface area contributed by atoms with Crippen molar-refractivity contribution in [1.29, 1.82) is 0 Å². The maximum atomic E-state index is 12.2. The lowest BCUT2D eigenvalue weighted by Gasteiger charge is -2.24. The van der Waals surface area contributed by atoms with Crippen LogP contribution in [0.15, 0.2) is 12.7 Å². The quantitative estimate of drug-likeness (QED) is 0.696. The number of hydrogen-bond acceptors (Lipinski definition) is 2. The zero-order chi connectivity index (χ0) is 15.1. The summed E-state index contributed by atoms with van der Waals surface area (Å²) >= 11 is 0. The first-order valence-corrected chi connectivity index (χ1v) is 7.58. The fourth-order valence-electron chi connectivity index (χ4n) is 3.03. The van der Waals surface area contributed by atoms with Crippen molar-refractivity contribution in [2.75, 3.05) is 6.54 Å². The number of carbonyl (C=O) groups is 2. The summed E-state index contributed by atoms with van der Waals surface area (Å²) in [5.41, 5.74) is 0. The predicted molar refractivity (Wildman–Crippen MR) is 79.4 cm³/mol. The summed E-state index contributed by atoms with van der Waals surface area (Å²) in [5.74, 6) is 0.00295. The maximum Gasteiger partial charge on any atom is 0.326 e. The van der Waals surface area contributed by atoms with Gasteiger partial charge in [-0.05, 0) is 43.9 Å². The van der Waals surface area contributed by atoms with Crippen LogP contribution in [-0.4, -0.2) is 34.5 Å². The zero-order valence-electron chi connectivity index (χ0n) is 12.7. The minimum absolute atomic E-state index is 0.00155. The smallest absolute Gasteiger partial charge is 0.326 e. The van der Waals surface area contributed by atoms with Crippen LogP contribution in [0.4, 0.5) is 0 Å². The number of hydrogen-bond donors (Lipinski definition) is 1. The molecule has 1 amide bonds. The molecule has 114 valence electrons. The third kappa shape index (κ3) is 4.99. The molecule has 1 aliphatic heterocycles. The molecule has 1 rings (SSSR count). The Bertz CT molecular complexity index is 354. The summed E-state index contributed by atoms with van der Waals surface area (Å²) in [6.45, 7) is 8.59.